The lowest BCUT2D eigenvalue weighted by atomic mass is 10.0. The summed E-state index contributed by atoms with van der Waals surface area (Å²) in [5.41, 5.74) is 6.60. The standard InChI is InChI=1S/C14H20BrN3O2/c1-8(2)6-12(14(20)17-3)18-13(19)10-7-9(16)4-5-11(10)15/h4-5,7-8,12H,6,16H2,1-3H3,(H,17,20)(H,18,19). The SMILES string of the molecule is CNC(=O)C(CC(C)C)NC(=O)c1cc(N)ccc1Br. The molecule has 0 aliphatic heterocycles. The summed E-state index contributed by atoms with van der Waals surface area (Å²) in [5, 5.41) is 5.31. The average molecular weight is 342 g/mol. The van der Waals surface area contributed by atoms with Crippen LogP contribution in [0.15, 0.2) is 22.7 Å². The van der Waals surface area contributed by atoms with E-state index in [1.165, 1.54) is 0 Å². The Morgan fingerprint density at radius 1 is 1.35 bits per heavy atom. The van der Waals surface area contributed by atoms with Crippen LogP contribution >= 0.6 is 15.9 Å². The van der Waals surface area contributed by atoms with Gasteiger partial charge in [0.05, 0.1) is 5.56 Å². The smallest absolute Gasteiger partial charge is 0.253 e. The van der Waals surface area contributed by atoms with Gasteiger partial charge in [-0.25, -0.2) is 0 Å². The topological polar surface area (TPSA) is 84.2 Å². The van der Waals surface area contributed by atoms with Crippen LogP contribution in [-0.4, -0.2) is 24.9 Å². The molecule has 6 heteroatoms. The van der Waals surface area contributed by atoms with Crippen molar-refractivity contribution >= 4 is 33.4 Å². The molecule has 1 aromatic carbocycles. The highest BCUT2D eigenvalue weighted by molar-refractivity contribution is 9.10. The van der Waals surface area contributed by atoms with Gasteiger partial charge in [-0.1, -0.05) is 13.8 Å². The second-order valence-electron chi connectivity index (χ2n) is 5.01. The predicted molar refractivity (Wildman–Crippen MR) is 83.3 cm³/mol. The molecule has 5 nitrogen and oxygen atoms in total. The van der Waals surface area contributed by atoms with E-state index in [1.807, 2.05) is 13.8 Å². The first-order valence-electron chi connectivity index (χ1n) is 6.42. The summed E-state index contributed by atoms with van der Waals surface area (Å²) >= 11 is 3.31. The van der Waals surface area contributed by atoms with Crippen molar-refractivity contribution in [2.75, 3.05) is 12.8 Å². The summed E-state index contributed by atoms with van der Waals surface area (Å²) in [6.07, 6.45) is 0.575. The van der Waals surface area contributed by atoms with E-state index in [0.717, 1.165) is 0 Å². The van der Waals surface area contributed by atoms with E-state index in [1.54, 1.807) is 25.2 Å². The van der Waals surface area contributed by atoms with Gasteiger partial charge in [0.15, 0.2) is 0 Å². The lowest BCUT2D eigenvalue weighted by Crippen LogP contribution is -2.46. The molecule has 2 amide bonds. The van der Waals surface area contributed by atoms with Crippen molar-refractivity contribution in [1.29, 1.82) is 0 Å². The molecule has 0 spiro atoms. The third kappa shape index (κ3) is 4.52. The third-order valence-electron chi connectivity index (χ3n) is 2.81. The molecule has 0 aromatic heterocycles. The molecule has 0 saturated heterocycles. The van der Waals surface area contributed by atoms with E-state index < -0.39 is 6.04 Å². The first-order valence-corrected chi connectivity index (χ1v) is 7.22. The van der Waals surface area contributed by atoms with Crippen LogP contribution < -0.4 is 16.4 Å². The van der Waals surface area contributed by atoms with Crippen molar-refractivity contribution in [2.24, 2.45) is 5.92 Å². The fraction of sp³-hybridized carbons (Fsp3) is 0.429. The molecule has 0 fully saturated rings. The highest BCUT2D eigenvalue weighted by Crippen LogP contribution is 2.20. The van der Waals surface area contributed by atoms with Gasteiger partial charge >= 0.3 is 0 Å². The Hall–Kier alpha value is -1.56. The molecular weight excluding hydrogens is 322 g/mol. The van der Waals surface area contributed by atoms with Crippen molar-refractivity contribution in [3.8, 4) is 0 Å². The molecule has 0 radical (unpaired) electrons. The van der Waals surface area contributed by atoms with Crippen LogP contribution in [0.3, 0.4) is 0 Å². The Balaban J connectivity index is 2.90. The van der Waals surface area contributed by atoms with Gasteiger partial charge < -0.3 is 16.4 Å². The molecular formula is C14H20BrN3O2. The fourth-order valence-electron chi connectivity index (χ4n) is 1.83. The largest absolute Gasteiger partial charge is 0.399 e. The van der Waals surface area contributed by atoms with Crippen LogP contribution in [0.4, 0.5) is 5.69 Å². The maximum Gasteiger partial charge on any atom is 0.253 e. The zero-order valence-corrected chi connectivity index (χ0v) is 13.5. The zero-order chi connectivity index (χ0) is 15.3. The maximum absolute atomic E-state index is 12.3. The fourth-order valence-corrected chi connectivity index (χ4v) is 2.26. The quantitative estimate of drug-likeness (QED) is 0.715. The molecule has 1 unspecified atom stereocenters. The Morgan fingerprint density at radius 3 is 2.55 bits per heavy atom. The Morgan fingerprint density at radius 2 is 2.00 bits per heavy atom. The number of anilines is 1. The van der Waals surface area contributed by atoms with Gasteiger partial charge in [0, 0.05) is 17.2 Å². The summed E-state index contributed by atoms with van der Waals surface area (Å²) < 4.78 is 0.643. The summed E-state index contributed by atoms with van der Waals surface area (Å²) in [4.78, 5) is 24.1. The first-order chi connectivity index (χ1) is 9.35. The number of likely N-dealkylation sites (N-methyl/N-ethyl adjacent to an activating group) is 1. The van der Waals surface area contributed by atoms with Crippen LogP contribution in [0.25, 0.3) is 0 Å². The van der Waals surface area contributed by atoms with Gasteiger partial charge in [0.2, 0.25) is 5.91 Å². The number of carbonyl (C=O) groups is 2. The van der Waals surface area contributed by atoms with Crippen molar-refractivity contribution < 1.29 is 9.59 Å². The molecule has 0 aliphatic rings. The van der Waals surface area contributed by atoms with Gasteiger partial charge in [0.1, 0.15) is 6.04 Å². The molecule has 20 heavy (non-hydrogen) atoms. The second-order valence-corrected chi connectivity index (χ2v) is 5.86. The number of carbonyl (C=O) groups excluding carboxylic acids is 2. The minimum absolute atomic E-state index is 0.202. The number of nitrogens with one attached hydrogen (secondary N) is 2. The van der Waals surface area contributed by atoms with Crippen molar-refractivity contribution in [2.45, 2.75) is 26.3 Å². The van der Waals surface area contributed by atoms with Crippen LogP contribution in [0.2, 0.25) is 0 Å². The van der Waals surface area contributed by atoms with E-state index in [0.29, 0.717) is 28.1 Å². The molecule has 0 bridgehead atoms. The van der Waals surface area contributed by atoms with Gasteiger partial charge in [-0.05, 0) is 46.5 Å². The molecule has 0 heterocycles. The van der Waals surface area contributed by atoms with E-state index in [2.05, 4.69) is 26.6 Å². The van der Waals surface area contributed by atoms with Gasteiger partial charge in [-0.3, -0.25) is 9.59 Å². The number of benzene rings is 1. The van der Waals surface area contributed by atoms with E-state index >= 15 is 0 Å². The Bertz CT molecular complexity index is 503. The summed E-state index contributed by atoms with van der Waals surface area (Å²) in [5.74, 6) is -0.229. The van der Waals surface area contributed by atoms with Crippen LogP contribution in [0, 0.1) is 5.92 Å². The molecule has 0 saturated carbocycles. The van der Waals surface area contributed by atoms with E-state index in [9.17, 15) is 9.59 Å². The minimum Gasteiger partial charge on any atom is -0.399 e. The number of rotatable bonds is 5. The van der Waals surface area contributed by atoms with Gasteiger partial charge in [-0.15, -0.1) is 0 Å². The molecule has 110 valence electrons. The summed E-state index contributed by atoms with van der Waals surface area (Å²) in [7, 11) is 1.55. The number of nitrogens with two attached hydrogens (primary N) is 1. The lowest BCUT2D eigenvalue weighted by Gasteiger charge is -2.19. The normalized spacial score (nSPS) is 12.1. The predicted octanol–water partition coefficient (Wildman–Crippen LogP) is 1.92. The molecule has 0 aliphatic carbocycles. The monoisotopic (exact) mass is 341 g/mol. The summed E-state index contributed by atoms with van der Waals surface area (Å²) in [6, 6.07) is 4.43. The summed E-state index contributed by atoms with van der Waals surface area (Å²) in [6.45, 7) is 4.00. The minimum atomic E-state index is -0.555. The number of amides is 2. The number of hydrogen-bond acceptors (Lipinski definition) is 3. The van der Waals surface area contributed by atoms with Crippen LogP contribution in [-0.2, 0) is 4.79 Å². The first kappa shape index (κ1) is 16.5. The maximum atomic E-state index is 12.3. The highest BCUT2D eigenvalue weighted by atomic mass is 79.9. The number of halogens is 1. The van der Waals surface area contributed by atoms with Crippen LogP contribution in [0.1, 0.15) is 30.6 Å². The number of hydrogen-bond donors (Lipinski definition) is 3. The zero-order valence-electron chi connectivity index (χ0n) is 11.9. The average Bonchev–Trinajstić information content (AvgIpc) is 2.39. The number of nitrogen functional groups attached to an aromatic ring is 1. The Labute approximate surface area is 127 Å². The van der Waals surface area contributed by atoms with Gasteiger partial charge in [-0.2, -0.15) is 0 Å². The molecule has 1 rings (SSSR count). The second kappa shape index (κ2) is 7.28. The molecule has 1 atom stereocenters. The van der Waals surface area contributed by atoms with Crippen LogP contribution in [0.5, 0.6) is 0 Å². The third-order valence-corrected chi connectivity index (χ3v) is 3.50. The van der Waals surface area contributed by atoms with Gasteiger partial charge in [0.25, 0.3) is 5.91 Å². The van der Waals surface area contributed by atoms with E-state index in [-0.39, 0.29) is 11.8 Å². The Kier molecular flexibility index (Phi) is 6.01. The lowest BCUT2D eigenvalue weighted by molar-refractivity contribution is -0.122. The van der Waals surface area contributed by atoms with Crippen molar-refractivity contribution in [3.05, 3.63) is 28.2 Å². The van der Waals surface area contributed by atoms with Crippen molar-refractivity contribution in [3.63, 3.8) is 0 Å². The van der Waals surface area contributed by atoms with E-state index in [4.69, 9.17) is 5.73 Å². The highest BCUT2D eigenvalue weighted by Gasteiger charge is 2.22. The van der Waals surface area contributed by atoms with Crippen molar-refractivity contribution in [1.82, 2.24) is 10.6 Å². The molecule has 4 N–H and O–H groups in total. The molecule has 1 aromatic rings.